The highest BCUT2D eigenvalue weighted by Gasteiger charge is 2.38. The minimum absolute atomic E-state index is 0.214. The molecule has 96 valence electrons. The molecule has 1 aliphatic rings. The second-order valence-corrected chi connectivity index (χ2v) is 6.63. The zero-order valence-electron chi connectivity index (χ0n) is 9.68. The Kier molecular flexibility index (Phi) is 3.17. The van der Waals surface area contributed by atoms with Crippen molar-refractivity contribution in [3.8, 4) is 0 Å². The molecule has 1 fully saturated rings. The van der Waals surface area contributed by atoms with Gasteiger partial charge in [0.1, 0.15) is 5.60 Å². The molecule has 0 spiro atoms. The van der Waals surface area contributed by atoms with E-state index in [2.05, 4.69) is 10.2 Å². The molecule has 1 saturated heterocycles. The van der Waals surface area contributed by atoms with Crippen LogP contribution in [0.1, 0.15) is 32.5 Å². The molecule has 0 amide bonds. The Balaban J connectivity index is 2.53. The van der Waals surface area contributed by atoms with Crippen LogP contribution in [0, 0.1) is 0 Å². The molecule has 0 N–H and O–H groups in total. The SMILES string of the molecule is CCn1c(C2(C)CCCO2)nnc1S(=O)(=O)Cl. The number of hydrogen-bond donors (Lipinski definition) is 0. The summed E-state index contributed by atoms with van der Waals surface area (Å²) in [6.45, 7) is 4.79. The van der Waals surface area contributed by atoms with Crippen molar-refractivity contribution in [2.45, 2.75) is 44.0 Å². The molecule has 0 aromatic carbocycles. The van der Waals surface area contributed by atoms with Crippen LogP contribution in [0.15, 0.2) is 5.16 Å². The van der Waals surface area contributed by atoms with Gasteiger partial charge >= 0.3 is 0 Å². The lowest BCUT2D eigenvalue weighted by Crippen LogP contribution is -2.26. The quantitative estimate of drug-likeness (QED) is 0.779. The molecule has 0 aliphatic carbocycles. The van der Waals surface area contributed by atoms with Crippen molar-refractivity contribution in [1.29, 1.82) is 0 Å². The molecule has 8 heteroatoms. The predicted octanol–water partition coefficient (Wildman–Crippen LogP) is 1.25. The average molecular weight is 280 g/mol. The van der Waals surface area contributed by atoms with E-state index >= 15 is 0 Å². The summed E-state index contributed by atoms with van der Waals surface area (Å²) < 4.78 is 29.8. The maximum atomic E-state index is 11.3. The molecular weight excluding hydrogens is 266 g/mol. The molecule has 1 unspecified atom stereocenters. The Morgan fingerprint density at radius 3 is 2.71 bits per heavy atom. The first-order valence-electron chi connectivity index (χ1n) is 5.41. The fraction of sp³-hybridized carbons (Fsp3) is 0.778. The molecule has 0 bridgehead atoms. The second-order valence-electron chi connectivity index (χ2n) is 4.17. The summed E-state index contributed by atoms with van der Waals surface area (Å²) in [6, 6.07) is 0. The van der Waals surface area contributed by atoms with Crippen LogP contribution in [0.2, 0.25) is 0 Å². The van der Waals surface area contributed by atoms with Crippen LogP contribution < -0.4 is 0 Å². The van der Waals surface area contributed by atoms with E-state index < -0.39 is 14.7 Å². The minimum atomic E-state index is -3.88. The maximum Gasteiger partial charge on any atom is 0.296 e. The van der Waals surface area contributed by atoms with Crippen LogP contribution in [-0.4, -0.2) is 29.8 Å². The van der Waals surface area contributed by atoms with Crippen LogP contribution in [-0.2, 0) is 25.9 Å². The highest BCUT2D eigenvalue weighted by molar-refractivity contribution is 8.13. The molecule has 0 saturated carbocycles. The molecule has 2 rings (SSSR count). The Labute approximate surface area is 104 Å². The van der Waals surface area contributed by atoms with E-state index in [0.29, 0.717) is 19.0 Å². The number of aromatic nitrogens is 3. The van der Waals surface area contributed by atoms with Gasteiger partial charge in [0.05, 0.1) is 0 Å². The topological polar surface area (TPSA) is 74.1 Å². The molecule has 2 heterocycles. The highest BCUT2D eigenvalue weighted by atomic mass is 35.7. The number of halogens is 1. The summed E-state index contributed by atoms with van der Waals surface area (Å²) in [4.78, 5) is 0. The molecule has 6 nitrogen and oxygen atoms in total. The van der Waals surface area contributed by atoms with Crippen molar-refractivity contribution in [2.75, 3.05) is 6.61 Å². The monoisotopic (exact) mass is 279 g/mol. The van der Waals surface area contributed by atoms with Gasteiger partial charge in [-0.2, -0.15) is 0 Å². The van der Waals surface area contributed by atoms with Crippen molar-refractivity contribution in [2.24, 2.45) is 0 Å². The van der Waals surface area contributed by atoms with Gasteiger partial charge in [-0.25, -0.2) is 8.42 Å². The predicted molar refractivity (Wildman–Crippen MR) is 61.3 cm³/mol. The van der Waals surface area contributed by atoms with E-state index in [1.165, 1.54) is 4.57 Å². The van der Waals surface area contributed by atoms with Crippen LogP contribution in [0.25, 0.3) is 0 Å². The summed E-state index contributed by atoms with van der Waals surface area (Å²) >= 11 is 0. The average Bonchev–Trinajstić information content (AvgIpc) is 2.82. The smallest absolute Gasteiger partial charge is 0.296 e. The van der Waals surface area contributed by atoms with Gasteiger partial charge in [0.25, 0.3) is 14.2 Å². The number of rotatable bonds is 3. The second kappa shape index (κ2) is 4.22. The van der Waals surface area contributed by atoms with Gasteiger partial charge in [-0.05, 0) is 26.7 Å². The standard InChI is InChI=1S/C9H14ClN3O3S/c1-3-13-7(9(2)5-4-6-16-9)11-12-8(13)17(10,14)15/h3-6H2,1-2H3. The number of nitrogens with zero attached hydrogens (tertiary/aromatic N) is 3. The Hall–Kier alpha value is -0.660. The summed E-state index contributed by atoms with van der Waals surface area (Å²) in [7, 11) is 1.44. The Morgan fingerprint density at radius 2 is 2.24 bits per heavy atom. The van der Waals surface area contributed by atoms with Crippen LogP contribution >= 0.6 is 10.7 Å². The van der Waals surface area contributed by atoms with Gasteiger partial charge in [0.15, 0.2) is 5.82 Å². The normalized spacial score (nSPS) is 25.4. The first kappa shape index (κ1) is 12.8. The van der Waals surface area contributed by atoms with E-state index in [1.54, 1.807) is 0 Å². The lowest BCUT2D eigenvalue weighted by Gasteiger charge is -2.22. The van der Waals surface area contributed by atoms with Crippen molar-refractivity contribution < 1.29 is 13.2 Å². The molecule has 1 aliphatic heterocycles. The van der Waals surface area contributed by atoms with Crippen molar-refractivity contribution in [1.82, 2.24) is 14.8 Å². The van der Waals surface area contributed by atoms with E-state index in [1.807, 2.05) is 13.8 Å². The maximum absolute atomic E-state index is 11.3. The summed E-state index contributed by atoms with van der Waals surface area (Å²) in [5.74, 6) is 0.525. The van der Waals surface area contributed by atoms with Crippen LogP contribution in [0.5, 0.6) is 0 Å². The molecule has 1 aromatic heterocycles. The van der Waals surface area contributed by atoms with Crippen LogP contribution in [0.3, 0.4) is 0 Å². The van der Waals surface area contributed by atoms with Gasteiger partial charge < -0.3 is 4.74 Å². The van der Waals surface area contributed by atoms with Crippen molar-refractivity contribution >= 4 is 19.7 Å². The molecule has 0 radical (unpaired) electrons. The highest BCUT2D eigenvalue weighted by Crippen LogP contribution is 2.35. The van der Waals surface area contributed by atoms with Gasteiger partial charge in [0, 0.05) is 23.8 Å². The van der Waals surface area contributed by atoms with E-state index in [0.717, 1.165) is 12.8 Å². The third-order valence-electron chi connectivity index (χ3n) is 2.94. The third kappa shape index (κ3) is 2.19. The van der Waals surface area contributed by atoms with Crippen molar-refractivity contribution in [3.63, 3.8) is 0 Å². The number of ether oxygens (including phenoxy) is 1. The van der Waals surface area contributed by atoms with Crippen molar-refractivity contribution in [3.05, 3.63) is 5.82 Å². The largest absolute Gasteiger partial charge is 0.367 e. The first-order chi connectivity index (χ1) is 7.88. The van der Waals surface area contributed by atoms with Gasteiger partial charge in [-0.3, -0.25) is 4.57 Å². The van der Waals surface area contributed by atoms with E-state index in [9.17, 15) is 8.42 Å². The van der Waals surface area contributed by atoms with Crippen LogP contribution in [0.4, 0.5) is 0 Å². The number of hydrogen-bond acceptors (Lipinski definition) is 5. The zero-order chi connectivity index (χ0) is 12.7. The molecular formula is C9H14ClN3O3S. The summed E-state index contributed by atoms with van der Waals surface area (Å²) in [5, 5.41) is 7.38. The van der Waals surface area contributed by atoms with Gasteiger partial charge in [-0.15, -0.1) is 10.2 Å². The van der Waals surface area contributed by atoms with E-state index in [4.69, 9.17) is 15.4 Å². The first-order valence-corrected chi connectivity index (χ1v) is 7.72. The summed E-state index contributed by atoms with van der Waals surface area (Å²) in [5.41, 5.74) is -0.567. The summed E-state index contributed by atoms with van der Waals surface area (Å²) in [6.07, 6.45) is 1.73. The lowest BCUT2D eigenvalue weighted by atomic mass is 10.0. The fourth-order valence-electron chi connectivity index (χ4n) is 2.10. The molecule has 17 heavy (non-hydrogen) atoms. The Bertz CT molecular complexity index is 520. The zero-order valence-corrected chi connectivity index (χ0v) is 11.3. The lowest BCUT2D eigenvalue weighted by molar-refractivity contribution is 0.00592. The fourth-order valence-corrected chi connectivity index (χ4v) is 3.06. The molecule has 1 aromatic rings. The minimum Gasteiger partial charge on any atom is -0.367 e. The third-order valence-corrected chi connectivity index (χ3v) is 4.10. The molecule has 1 atom stereocenters. The Morgan fingerprint density at radius 1 is 1.53 bits per heavy atom. The van der Waals surface area contributed by atoms with E-state index in [-0.39, 0.29) is 5.16 Å². The van der Waals surface area contributed by atoms with Gasteiger partial charge in [-0.1, -0.05) is 0 Å². The van der Waals surface area contributed by atoms with Gasteiger partial charge in [0.2, 0.25) is 0 Å².